The molecule has 1 aromatic carbocycles. The van der Waals surface area contributed by atoms with Crippen LogP contribution in [-0.4, -0.2) is 29.6 Å². The second kappa shape index (κ2) is 6.33. The standard InChI is InChI=1S/C14H13NO3S/c1-2-18-13(17)9-19-14-11(8-16)7-10-5-3-4-6-12(10)15-14/h3-8H,2,9H2,1H3. The number of carbonyl (C=O) groups excluding carboxylic acids is 2. The number of aromatic nitrogens is 1. The van der Waals surface area contributed by atoms with Crippen molar-refractivity contribution in [1.82, 2.24) is 4.98 Å². The molecule has 0 aliphatic rings. The lowest BCUT2D eigenvalue weighted by Crippen LogP contribution is -2.07. The average Bonchev–Trinajstić information content (AvgIpc) is 2.44. The van der Waals surface area contributed by atoms with E-state index in [0.29, 0.717) is 17.2 Å². The van der Waals surface area contributed by atoms with Crippen LogP contribution in [0.25, 0.3) is 10.9 Å². The Labute approximate surface area is 115 Å². The number of esters is 1. The van der Waals surface area contributed by atoms with Crippen molar-refractivity contribution in [3.63, 3.8) is 0 Å². The van der Waals surface area contributed by atoms with Crippen LogP contribution in [0.4, 0.5) is 0 Å². The highest BCUT2D eigenvalue weighted by Gasteiger charge is 2.10. The number of nitrogens with zero attached hydrogens (tertiary/aromatic N) is 1. The molecule has 2 aromatic rings. The van der Waals surface area contributed by atoms with E-state index in [-0.39, 0.29) is 11.7 Å². The van der Waals surface area contributed by atoms with E-state index >= 15 is 0 Å². The summed E-state index contributed by atoms with van der Waals surface area (Å²) >= 11 is 1.22. The quantitative estimate of drug-likeness (QED) is 0.477. The second-order valence-corrected chi connectivity index (χ2v) is 4.75. The third-order valence-corrected chi connectivity index (χ3v) is 3.46. The predicted octanol–water partition coefficient (Wildman–Crippen LogP) is 2.70. The Balaban J connectivity index is 2.25. The third-order valence-electron chi connectivity index (χ3n) is 2.48. The highest BCUT2D eigenvalue weighted by atomic mass is 32.2. The van der Waals surface area contributed by atoms with Crippen LogP contribution in [0.2, 0.25) is 0 Å². The lowest BCUT2D eigenvalue weighted by Gasteiger charge is -2.06. The van der Waals surface area contributed by atoms with Crippen molar-refractivity contribution in [3.05, 3.63) is 35.9 Å². The number of para-hydroxylation sites is 1. The Morgan fingerprint density at radius 3 is 2.95 bits per heavy atom. The van der Waals surface area contributed by atoms with Crippen LogP contribution >= 0.6 is 11.8 Å². The molecular formula is C14H13NO3S. The number of thioether (sulfide) groups is 1. The van der Waals surface area contributed by atoms with E-state index < -0.39 is 0 Å². The monoisotopic (exact) mass is 275 g/mol. The van der Waals surface area contributed by atoms with Crippen LogP contribution in [-0.2, 0) is 9.53 Å². The lowest BCUT2D eigenvalue weighted by atomic mass is 10.2. The van der Waals surface area contributed by atoms with E-state index in [4.69, 9.17) is 4.74 Å². The molecule has 0 bridgehead atoms. The first kappa shape index (κ1) is 13.5. The van der Waals surface area contributed by atoms with Gasteiger partial charge in [0.15, 0.2) is 6.29 Å². The molecule has 0 atom stereocenters. The summed E-state index contributed by atoms with van der Waals surface area (Å²) in [4.78, 5) is 26.8. The normalized spacial score (nSPS) is 10.4. The number of carbonyl (C=O) groups is 2. The summed E-state index contributed by atoms with van der Waals surface area (Å²) in [6.07, 6.45) is 0.757. The molecule has 0 N–H and O–H groups in total. The van der Waals surface area contributed by atoms with Gasteiger partial charge in [0.2, 0.25) is 0 Å². The predicted molar refractivity (Wildman–Crippen MR) is 74.5 cm³/mol. The first-order valence-corrected chi connectivity index (χ1v) is 6.86. The molecule has 4 nitrogen and oxygen atoms in total. The van der Waals surface area contributed by atoms with Gasteiger partial charge in [-0.25, -0.2) is 4.98 Å². The molecule has 98 valence electrons. The number of aldehydes is 1. The molecule has 0 unspecified atom stereocenters. The van der Waals surface area contributed by atoms with Crippen molar-refractivity contribution in [2.24, 2.45) is 0 Å². The van der Waals surface area contributed by atoms with E-state index in [9.17, 15) is 9.59 Å². The van der Waals surface area contributed by atoms with E-state index in [1.54, 1.807) is 13.0 Å². The summed E-state index contributed by atoms with van der Waals surface area (Å²) in [5.74, 6) is -0.153. The summed E-state index contributed by atoms with van der Waals surface area (Å²) in [7, 11) is 0. The van der Waals surface area contributed by atoms with Crippen molar-refractivity contribution < 1.29 is 14.3 Å². The van der Waals surface area contributed by atoms with Gasteiger partial charge in [0.1, 0.15) is 5.03 Å². The molecular weight excluding hydrogens is 262 g/mol. The minimum Gasteiger partial charge on any atom is -0.465 e. The van der Waals surface area contributed by atoms with Gasteiger partial charge in [-0.3, -0.25) is 9.59 Å². The maximum atomic E-state index is 11.3. The van der Waals surface area contributed by atoms with E-state index in [2.05, 4.69) is 4.98 Å². The van der Waals surface area contributed by atoms with Crippen LogP contribution in [0.15, 0.2) is 35.4 Å². The second-order valence-electron chi connectivity index (χ2n) is 3.79. The Hall–Kier alpha value is -1.88. The zero-order valence-electron chi connectivity index (χ0n) is 10.5. The van der Waals surface area contributed by atoms with Gasteiger partial charge in [-0.15, -0.1) is 0 Å². The fourth-order valence-electron chi connectivity index (χ4n) is 1.64. The zero-order chi connectivity index (χ0) is 13.7. The molecule has 0 aliphatic carbocycles. The van der Waals surface area contributed by atoms with Gasteiger partial charge < -0.3 is 4.74 Å². The van der Waals surface area contributed by atoms with Gasteiger partial charge in [-0.05, 0) is 19.1 Å². The molecule has 1 heterocycles. The van der Waals surface area contributed by atoms with Gasteiger partial charge in [-0.1, -0.05) is 30.0 Å². The van der Waals surface area contributed by atoms with Gasteiger partial charge in [0.25, 0.3) is 0 Å². The van der Waals surface area contributed by atoms with Crippen LogP contribution in [0, 0.1) is 0 Å². The summed E-state index contributed by atoms with van der Waals surface area (Å²) in [6, 6.07) is 9.33. The molecule has 0 spiro atoms. The Morgan fingerprint density at radius 2 is 2.21 bits per heavy atom. The summed E-state index contributed by atoms with van der Waals surface area (Å²) in [5.41, 5.74) is 1.30. The molecule has 19 heavy (non-hydrogen) atoms. The SMILES string of the molecule is CCOC(=O)CSc1nc2ccccc2cc1C=O. The average molecular weight is 275 g/mol. The number of fused-ring (bicyclic) bond motifs is 1. The van der Waals surface area contributed by atoms with Crippen LogP contribution in [0.3, 0.4) is 0 Å². The number of hydrogen-bond donors (Lipinski definition) is 0. The van der Waals surface area contributed by atoms with Crippen LogP contribution in [0.5, 0.6) is 0 Å². The Kier molecular flexibility index (Phi) is 4.52. The topological polar surface area (TPSA) is 56.3 Å². The Bertz CT molecular complexity index is 613. The molecule has 5 heteroatoms. The molecule has 0 amide bonds. The van der Waals surface area contributed by atoms with Crippen molar-refractivity contribution in [2.45, 2.75) is 11.9 Å². The molecule has 0 aliphatic heterocycles. The van der Waals surface area contributed by atoms with Gasteiger partial charge in [-0.2, -0.15) is 0 Å². The van der Waals surface area contributed by atoms with E-state index in [1.165, 1.54) is 11.8 Å². The van der Waals surface area contributed by atoms with Gasteiger partial charge >= 0.3 is 5.97 Å². The maximum Gasteiger partial charge on any atom is 0.316 e. The smallest absolute Gasteiger partial charge is 0.316 e. The molecule has 0 saturated heterocycles. The fourth-order valence-corrected chi connectivity index (χ4v) is 2.42. The lowest BCUT2D eigenvalue weighted by molar-refractivity contribution is -0.139. The van der Waals surface area contributed by atoms with Crippen molar-refractivity contribution in [2.75, 3.05) is 12.4 Å². The van der Waals surface area contributed by atoms with Crippen LogP contribution in [0.1, 0.15) is 17.3 Å². The summed E-state index contributed by atoms with van der Waals surface area (Å²) in [5, 5.41) is 1.46. The van der Waals surface area contributed by atoms with Gasteiger partial charge in [0, 0.05) is 10.9 Å². The third kappa shape index (κ3) is 3.32. The number of ether oxygens (including phenoxy) is 1. The highest BCUT2D eigenvalue weighted by Crippen LogP contribution is 2.23. The molecule has 2 rings (SSSR count). The minimum atomic E-state index is -0.306. The van der Waals surface area contributed by atoms with E-state index in [1.807, 2.05) is 24.3 Å². The van der Waals surface area contributed by atoms with Crippen LogP contribution < -0.4 is 0 Å². The maximum absolute atomic E-state index is 11.3. The molecule has 0 saturated carbocycles. The summed E-state index contributed by atoms with van der Waals surface area (Å²) in [6.45, 7) is 2.11. The Morgan fingerprint density at radius 1 is 1.42 bits per heavy atom. The molecule has 0 radical (unpaired) electrons. The van der Waals surface area contributed by atoms with Crippen molar-refractivity contribution in [3.8, 4) is 0 Å². The van der Waals surface area contributed by atoms with Crippen molar-refractivity contribution in [1.29, 1.82) is 0 Å². The fraction of sp³-hybridized carbons (Fsp3) is 0.214. The number of rotatable bonds is 5. The van der Waals surface area contributed by atoms with E-state index in [0.717, 1.165) is 17.2 Å². The first-order chi connectivity index (χ1) is 9.24. The zero-order valence-corrected chi connectivity index (χ0v) is 11.3. The highest BCUT2D eigenvalue weighted by molar-refractivity contribution is 8.00. The minimum absolute atomic E-state index is 0.153. The summed E-state index contributed by atoms with van der Waals surface area (Å²) < 4.78 is 4.85. The molecule has 1 aromatic heterocycles. The largest absolute Gasteiger partial charge is 0.465 e. The first-order valence-electron chi connectivity index (χ1n) is 5.88. The number of benzene rings is 1. The molecule has 0 fully saturated rings. The van der Waals surface area contributed by atoms with Crippen molar-refractivity contribution >= 4 is 34.9 Å². The number of pyridine rings is 1. The number of hydrogen-bond acceptors (Lipinski definition) is 5. The van der Waals surface area contributed by atoms with Gasteiger partial charge in [0.05, 0.1) is 17.9 Å².